The fourth-order valence-corrected chi connectivity index (χ4v) is 3.14. The summed E-state index contributed by atoms with van der Waals surface area (Å²) in [6.45, 7) is 4.20. The van der Waals surface area contributed by atoms with Gasteiger partial charge in [0.25, 0.3) is 0 Å². The number of hydrogen-bond acceptors (Lipinski definition) is 1. The molecule has 0 spiro atoms. The van der Waals surface area contributed by atoms with Crippen molar-refractivity contribution in [3.05, 3.63) is 35.4 Å². The molecule has 0 bridgehead atoms. The van der Waals surface area contributed by atoms with Crippen molar-refractivity contribution in [1.82, 2.24) is 0 Å². The largest absolute Gasteiger partial charge is 0.481 e. The average Bonchev–Trinajstić information content (AvgIpc) is 2.28. The maximum atomic E-state index is 11.8. The van der Waals surface area contributed by atoms with Crippen molar-refractivity contribution in [3.63, 3.8) is 0 Å². The third kappa shape index (κ3) is 2.08. The SMILES string of the molecule is CC(C)CC1(C(=O)O)CCCc2ccccc21. The van der Waals surface area contributed by atoms with Crippen LogP contribution in [0.5, 0.6) is 0 Å². The van der Waals surface area contributed by atoms with Gasteiger partial charge in [0, 0.05) is 0 Å². The average molecular weight is 232 g/mol. The van der Waals surface area contributed by atoms with Gasteiger partial charge in [0.1, 0.15) is 0 Å². The highest BCUT2D eigenvalue weighted by Crippen LogP contribution is 2.42. The molecule has 0 heterocycles. The van der Waals surface area contributed by atoms with Crippen molar-refractivity contribution in [2.24, 2.45) is 5.92 Å². The number of carboxylic acid groups (broad SMARTS) is 1. The Labute approximate surface area is 103 Å². The van der Waals surface area contributed by atoms with Crippen LogP contribution in [0.2, 0.25) is 0 Å². The van der Waals surface area contributed by atoms with Gasteiger partial charge in [-0.05, 0) is 42.7 Å². The van der Waals surface area contributed by atoms with Crippen LogP contribution in [0.3, 0.4) is 0 Å². The van der Waals surface area contributed by atoms with Crippen LogP contribution >= 0.6 is 0 Å². The number of aliphatic carboxylic acids is 1. The van der Waals surface area contributed by atoms with Crippen molar-refractivity contribution in [2.75, 3.05) is 0 Å². The maximum absolute atomic E-state index is 11.8. The molecule has 1 aromatic carbocycles. The van der Waals surface area contributed by atoms with E-state index in [0.717, 1.165) is 31.2 Å². The molecule has 0 amide bonds. The molecule has 1 aromatic rings. The fourth-order valence-electron chi connectivity index (χ4n) is 3.14. The van der Waals surface area contributed by atoms with Crippen molar-refractivity contribution < 1.29 is 9.90 Å². The molecule has 1 atom stereocenters. The first-order valence-electron chi connectivity index (χ1n) is 6.38. The minimum atomic E-state index is -0.654. The summed E-state index contributed by atoms with van der Waals surface area (Å²) in [4.78, 5) is 11.8. The Bertz CT molecular complexity index is 423. The van der Waals surface area contributed by atoms with Crippen LogP contribution in [0.15, 0.2) is 24.3 Å². The fraction of sp³-hybridized carbons (Fsp3) is 0.533. The summed E-state index contributed by atoms with van der Waals surface area (Å²) in [5.41, 5.74) is 1.62. The number of aryl methyl sites for hydroxylation is 1. The van der Waals surface area contributed by atoms with Crippen LogP contribution in [0.25, 0.3) is 0 Å². The molecule has 0 saturated carbocycles. The Kier molecular flexibility index (Phi) is 3.23. The molecule has 0 fully saturated rings. The highest BCUT2D eigenvalue weighted by atomic mass is 16.4. The van der Waals surface area contributed by atoms with E-state index in [1.807, 2.05) is 18.2 Å². The normalized spacial score (nSPS) is 23.5. The van der Waals surface area contributed by atoms with Gasteiger partial charge < -0.3 is 5.11 Å². The zero-order valence-corrected chi connectivity index (χ0v) is 10.6. The summed E-state index contributed by atoms with van der Waals surface area (Å²) in [5.74, 6) is -0.254. The van der Waals surface area contributed by atoms with Crippen LogP contribution in [0, 0.1) is 5.92 Å². The lowest BCUT2D eigenvalue weighted by Gasteiger charge is -2.36. The quantitative estimate of drug-likeness (QED) is 0.867. The van der Waals surface area contributed by atoms with E-state index in [-0.39, 0.29) is 0 Å². The first kappa shape index (κ1) is 12.2. The van der Waals surface area contributed by atoms with Crippen LogP contribution < -0.4 is 0 Å². The smallest absolute Gasteiger partial charge is 0.314 e. The molecule has 1 unspecified atom stereocenters. The molecule has 2 heteroatoms. The Morgan fingerprint density at radius 3 is 2.76 bits per heavy atom. The van der Waals surface area contributed by atoms with Crippen molar-refractivity contribution in [3.8, 4) is 0 Å². The summed E-state index contributed by atoms with van der Waals surface area (Å²) in [6, 6.07) is 8.05. The van der Waals surface area contributed by atoms with Gasteiger partial charge in [-0.3, -0.25) is 4.79 Å². The van der Waals surface area contributed by atoms with Gasteiger partial charge in [0.2, 0.25) is 0 Å². The number of carboxylic acids is 1. The zero-order chi connectivity index (χ0) is 12.5. The second-order valence-electron chi connectivity index (χ2n) is 5.50. The number of hydrogen-bond donors (Lipinski definition) is 1. The van der Waals surface area contributed by atoms with E-state index in [2.05, 4.69) is 19.9 Å². The topological polar surface area (TPSA) is 37.3 Å². The Morgan fingerprint density at radius 2 is 2.12 bits per heavy atom. The molecule has 1 N–H and O–H groups in total. The maximum Gasteiger partial charge on any atom is 0.314 e. The highest BCUT2D eigenvalue weighted by Gasteiger charge is 2.43. The first-order chi connectivity index (χ1) is 8.06. The van der Waals surface area contributed by atoms with Crippen molar-refractivity contribution in [2.45, 2.75) is 44.9 Å². The zero-order valence-electron chi connectivity index (χ0n) is 10.6. The van der Waals surface area contributed by atoms with Crippen LogP contribution in [-0.2, 0) is 16.6 Å². The molecule has 17 heavy (non-hydrogen) atoms. The molecule has 2 nitrogen and oxygen atoms in total. The summed E-state index contributed by atoms with van der Waals surface area (Å²) < 4.78 is 0. The number of carbonyl (C=O) groups is 1. The van der Waals surface area contributed by atoms with E-state index in [9.17, 15) is 9.90 Å². The molecule has 92 valence electrons. The van der Waals surface area contributed by atoms with E-state index in [1.54, 1.807) is 0 Å². The Hall–Kier alpha value is -1.31. The van der Waals surface area contributed by atoms with Crippen LogP contribution in [-0.4, -0.2) is 11.1 Å². The van der Waals surface area contributed by atoms with Crippen LogP contribution in [0.1, 0.15) is 44.2 Å². The molecular formula is C15H20O2. The van der Waals surface area contributed by atoms with Gasteiger partial charge in [0.05, 0.1) is 5.41 Å². The molecule has 0 aliphatic heterocycles. The molecular weight excluding hydrogens is 212 g/mol. The second-order valence-corrected chi connectivity index (χ2v) is 5.50. The summed E-state index contributed by atoms with van der Waals surface area (Å²) in [7, 11) is 0. The summed E-state index contributed by atoms with van der Waals surface area (Å²) >= 11 is 0. The summed E-state index contributed by atoms with van der Waals surface area (Å²) in [6.07, 6.45) is 3.51. The molecule has 0 radical (unpaired) electrons. The van der Waals surface area contributed by atoms with Crippen molar-refractivity contribution >= 4 is 5.97 Å². The predicted octanol–water partition coefficient (Wildman–Crippen LogP) is 3.39. The lowest BCUT2D eigenvalue weighted by Crippen LogP contribution is -2.40. The monoisotopic (exact) mass is 232 g/mol. The van der Waals surface area contributed by atoms with Gasteiger partial charge in [-0.1, -0.05) is 38.1 Å². The summed E-state index contributed by atoms with van der Waals surface area (Å²) in [5, 5.41) is 9.68. The minimum Gasteiger partial charge on any atom is -0.481 e. The van der Waals surface area contributed by atoms with E-state index >= 15 is 0 Å². The third-order valence-electron chi connectivity index (χ3n) is 3.75. The van der Waals surface area contributed by atoms with Gasteiger partial charge >= 0.3 is 5.97 Å². The van der Waals surface area contributed by atoms with Gasteiger partial charge in [-0.2, -0.15) is 0 Å². The van der Waals surface area contributed by atoms with E-state index in [0.29, 0.717) is 5.92 Å². The van der Waals surface area contributed by atoms with E-state index in [4.69, 9.17) is 0 Å². The third-order valence-corrected chi connectivity index (χ3v) is 3.75. The lowest BCUT2D eigenvalue weighted by molar-refractivity contribution is -0.145. The Balaban J connectivity index is 2.51. The minimum absolute atomic E-state index is 0.400. The molecule has 1 aliphatic carbocycles. The molecule has 2 rings (SSSR count). The number of benzene rings is 1. The molecule has 1 aliphatic rings. The van der Waals surface area contributed by atoms with E-state index < -0.39 is 11.4 Å². The van der Waals surface area contributed by atoms with Crippen molar-refractivity contribution in [1.29, 1.82) is 0 Å². The predicted molar refractivity (Wildman–Crippen MR) is 68.1 cm³/mol. The first-order valence-corrected chi connectivity index (χ1v) is 6.38. The van der Waals surface area contributed by atoms with Gasteiger partial charge in [-0.15, -0.1) is 0 Å². The molecule has 0 aromatic heterocycles. The van der Waals surface area contributed by atoms with Gasteiger partial charge in [-0.25, -0.2) is 0 Å². The Morgan fingerprint density at radius 1 is 1.41 bits per heavy atom. The van der Waals surface area contributed by atoms with Crippen LogP contribution in [0.4, 0.5) is 0 Å². The van der Waals surface area contributed by atoms with Gasteiger partial charge in [0.15, 0.2) is 0 Å². The second kappa shape index (κ2) is 4.52. The number of fused-ring (bicyclic) bond motifs is 1. The van der Waals surface area contributed by atoms with E-state index in [1.165, 1.54) is 5.56 Å². The standard InChI is InChI=1S/C15H20O2/c1-11(2)10-15(14(16)17)9-5-7-12-6-3-4-8-13(12)15/h3-4,6,8,11H,5,7,9-10H2,1-2H3,(H,16,17). The number of rotatable bonds is 3. The highest BCUT2D eigenvalue weighted by molar-refractivity contribution is 5.82. The molecule has 0 saturated heterocycles. The lowest BCUT2D eigenvalue weighted by atomic mass is 9.66.